The van der Waals surface area contributed by atoms with Crippen molar-refractivity contribution in [2.45, 2.75) is 52.8 Å². The van der Waals surface area contributed by atoms with Gasteiger partial charge >= 0.3 is 0 Å². The quantitative estimate of drug-likeness (QED) is 0.714. The van der Waals surface area contributed by atoms with Gasteiger partial charge in [0.1, 0.15) is 5.75 Å². The van der Waals surface area contributed by atoms with Crippen LogP contribution in [0.2, 0.25) is 0 Å². The van der Waals surface area contributed by atoms with E-state index < -0.39 is 15.9 Å². The number of sulfone groups is 1. The highest BCUT2D eigenvalue weighted by Crippen LogP contribution is 2.26. The number of rotatable bonds is 6. The number of nitrogens with zero attached hydrogens (tertiary/aromatic N) is 1. The van der Waals surface area contributed by atoms with Gasteiger partial charge in [-0.1, -0.05) is 12.1 Å². The van der Waals surface area contributed by atoms with E-state index in [1.807, 2.05) is 50.4 Å². The molecule has 0 saturated carbocycles. The van der Waals surface area contributed by atoms with Gasteiger partial charge in [0.25, 0.3) is 5.91 Å². The molecule has 2 aromatic rings. The van der Waals surface area contributed by atoms with Crippen LogP contribution in [0, 0.1) is 20.8 Å². The van der Waals surface area contributed by atoms with Crippen LogP contribution in [0.25, 0.3) is 0 Å². The fourth-order valence-corrected chi connectivity index (χ4v) is 6.09. The molecule has 0 aliphatic carbocycles. The topological polar surface area (TPSA) is 63.7 Å². The molecule has 0 spiro atoms. The predicted octanol–water partition coefficient (Wildman–Crippen LogP) is 3.66. The van der Waals surface area contributed by atoms with Crippen molar-refractivity contribution >= 4 is 27.1 Å². The molecule has 7 heteroatoms. The molecule has 0 N–H and O–H groups in total. The number of benzene rings is 1. The summed E-state index contributed by atoms with van der Waals surface area (Å²) >= 11 is 1.59. The number of carbonyl (C=O) groups is 1. The highest BCUT2D eigenvalue weighted by atomic mass is 32.2. The highest BCUT2D eigenvalue weighted by molar-refractivity contribution is 7.91. The number of hydrogen-bond acceptors (Lipinski definition) is 5. The maximum Gasteiger partial charge on any atom is 0.263 e. The van der Waals surface area contributed by atoms with E-state index in [2.05, 4.69) is 0 Å². The first-order valence-corrected chi connectivity index (χ1v) is 12.1. The maximum atomic E-state index is 13.3. The Bertz CT molecular complexity index is 965. The van der Waals surface area contributed by atoms with E-state index in [0.29, 0.717) is 18.7 Å². The van der Waals surface area contributed by atoms with E-state index in [1.165, 1.54) is 0 Å². The summed E-state index contributed by atoms with van der Waals surface area (Å²) in [5, 5.41) is 1.99. The molecule has 2 atom stereocenters. The van der Waals surface area contributed by atoms with E-state index in [0.717, 1.165) is 21.6 Å². The Morgan fingerprint density at radius 3 is 2.61 bits per heavy atom. The van der Waals surface area contributed by atoms with Crippen molar-refractivity contribution in [3.05, 3.63) is 51.2 Å². The van der Waals surface area contributed by atoms with Crippen molar-refractivity contribution in [1.82, 2.24) is 4.90 Å². The van der Waals surface area contributed by atoms with Crippen LogP contribution in [0.1, 0.15) is 34.9 Å². The smallest absolute Gasteiger partial charge is 0.263 e. The van der Waals surface area contributed by atoms with Gasteiger partial charge in [-0.15, -0.1) is 11.3 Å². The van der Waals surface area contributed by atoms with Gasteiger partial charge in [-0.2, -0.15) is 0 Å². The summed E-state index contributed by atoms with van der Waals surface area (Å²) < 4.78 is 30.0. The number of aryl methyl sites for hydroxylation is 2. The van der Waals surface area contributed by atoms with Gasteiger partial charge in [-0.3, -0.25) is 4.79 Å². The Kier molecular flexibility index (Phi) is 6.15. The van der Waals surface area contributed by atoms with Crippen LogP contribution in [0.5, 0.6) is 5.75 Å². The third kappa shape index (κ3) is 4.58. The molecule has 2 heterocycles. The number of ether oxygens (including phenoxy) is 1. The standard InChI is InChI=1S/C21H27NO4S2/c1-14-6-5-7-19(16(14)3)26-17(4)21(23)22(12-20-15(2)8-10-27-20)18-9-11-28(24,25)13-18/h5-8,10,17-18H,9,11-13H2,1-4H3. The SMILES string of the molecule is Cc1ccsc1CN(C(=O)C(C)Oc1cccc(C)c1C)C1CCS(=O)(=O)C1. The van der Waals surface area contributed by atoms with Gasteiger partial charge in [0, 0.05) is 10.9 Å². The molecule has 2 unspecified atom stereocenters. The third-order valence-corrected chi connectivity index (χ3v) is 8.18. The summed E-state index contributed by atoms with van der Waals surface area (Å²) in [6, 6.07) is 7.49. The average molecular weight is 422 g/mol. The molecule has 0 bridgehead atoms. The van der Waals surface area contributed by atoms with Crippen LogP contribution in [-0.2, 0) is 21.2 Å². The van der Waals surface area contributed by atoms with Crippen LogP contribution < -0.4 is 4.74 Å². The van der Waals surface area contributed by atoms with Crippen LogP contribution in [-0.4, -0.2) is 42.9 Å². The minimum absolute atomic E-state index is 0.0271. The van der Waals surface area contributed by atoms with E-state index in [-0.39, 0.29) is 23.5 Å². The third-order valence-electron chi connectivity index (χ3n) is 5.42. The van der Waals surface area contributed by atoms with Crippen molar-refractivity contribution < 1.29 is 17.9 Å². The molecule has 5 nitrogen and oxygen atoms in total. The van der Waals surface area contributed by atoms with Crippen LogP contribution >= 0.6 is 11.3 Å². The van der Waals surface area contributed by atoms with E-state index in [4.69, 9.17) is 4.74 Å². The second-order valence-electron chi connectivity index (χ2n) is 7.51. The molecule has 1 aromatic carbocycles. The zero-order valence-electron chi connectivity index (χ0n) is 16.8. The molecule has 3 rings (SSSR count). The van der Waals surface area contributed by atoms with Crippen molar-refractivity contribution in [2.75, 3.05) is 11.5 Å². The summed E-state index contributed by atoms with van der Waals surface area (Å²) in [6.45, 7) is 8.14. The van der Waals surface area contributed by atoms with E-state index in [1.54, 1.807) is 23.2 Å². The number of carbonyl (C=O) groups excluding carboxylic acids is 1. The van der Waals surface area contributed by atoms with Crippen LogP contribution in [0.3, 0.4) is 0 Å². The monoisotopic (exact) mass is 421 g/mol. The van der Waals surface area contributed by atoms with Crippen LogP contribution in [0.15, 0.2) is 29.6 Å². The Morgan fingerprint density at radius 1 is 1.25 bits per heavy atom. The largest absolute Gasteiger partial charge is 0.481 e. The molecule has 28 heavy (non-hydrogen) atoms. The first-order valence-electron chi connectivity index (χ1n) is 9.44. The highest BCUT2D eigenvalue weighted by Gasteiger charge is 2.37. The summed E-state index contributed by atoms with van der Waals surface area (Å²) in [4.78, 5) is 16.1. The first kappa shape index (κ1) is 20.9. The Balaban J connectivity index is 1.83. The van der Waals surface area contributed by atoms with E-state index >= 15 is 0 Å². The molecular weight excluding hydrogens is 394 g/mol. The molecule has 1 saturated heterocycles. The maximum absolute atomic E-state index is 13.3. The zero-order chi connectivity index (χ0) is 20.5. The second kappa shape index (κ2) is 8.25. The normalized spacial score (nSPS) is 19.4. The summed E-state index contributed by atoms with van der Waals surface area (Å²) in [7, 11) is -3.09. The summed E-state index contributed by atoms with van der Waals surface area (Å²) in [5.74, 6) is 0.680. The molecular formula is C21H27NO4S2. The molecule has 0 radical (unpaired) electrons. The first-order chi connectivity index (χ1) is 13.2. The number of thiophene rings is 1. The lowest BCUT2D eigenvalue weighted by atomic mass is 10.1. The Morgan fingerprint density at radius 2 is 2.00 bits per heavy atom. The minimum Gasteiger partial charge on any atom is -0.481 e. The average Bonchev–Trinajstić information content (AvgIpc) is 3.21. The van der Waals surface area contributed by atoms with Gasteiger partial charge in [0.05, 0.1) is 18.1 Å². The minimum atomic E-state index is -3.09. The molecule has 1 aliphatic rings. The molecule has 152 valence electrons. The Labute approximate surface area is 171 Å². The van der Waals surface area contributed by atoms with Gasteiger partial charge in [0.15, 0.2) is 15.9 Å². The number of hydrogen-bond donors (Lipinski definition) is 0. The summed E-state index contributed by atoms with van der Waals surface area (Å²) in [6.07, 6.45) is -0.210. The summed E-state index contributed by atoms with van der Waals surface area (Å²) in [5.41, 5.74) is 3.23. The van der Waals surface area contributed by atoms with Gasteiger partial charge in [0.2, 0.25) is 0 Å². The van der Waals surface area contributed by atoms with Crippen molar-refractivity contribution in [3.63, 3.8) is 0 Å². The molecule has 1 aromatic heterocycles. The second-order valence-corrected chi connectivity index (χ2v) is 10.7. The van der Waals surface area contributed by atoms with E-state index in [9.17, 15) is 13.2 Å². The van der Waals surface area contributed by atoms with Crippen molar-refractivity contribution in [3.8, 4) is 5.75 Å². The van der Waals surface area contributed by atoms with Crippen LogP contribution in [0.4, 0.5) is 0 Å². The lowest BCUT2D eigenvalue weighted by molar-refractivity contribution is -0.140. The lowest BCUT2D eigenvalue weighted by Crippen LogP contribution is -2.46. The zero-order valence-corrected chi connectivity index (χ0v) is 18.4. The van der Waals surface area contributed by atoms with Gasteiger partial charge in [-0.05, 0) is 68.3 Å². The van der Waals surface area contributed by atoms with Crippen molar-refractivity contribution in [2.24, 2.45) is 0 Å². The lowest BCUT2D eigenvalue weighted by Gasteiger charge is -2.31. The fourth-order valence-electron chi connectivity index (χ4n) is 3.46. The number of amides is 1. The molecule has 1 amide bonds. The molecule has 1 aliphatic heterocycles. The predicted molar refractivity (Wildman–Crippen MR) is 113 cm³/mol. The van der Waals surface area contributed by atoms with Gasteiger partial charge < -0.3 is 9.64 Å². The van der Waals surface area contributed by atoms with Crippen molar-refractivity contribution in [1.29, 1.82) is 0 Å². The fraction of sp³-hybridized carbons (Fsp3) is 0.476. The van der Waals surface area contributed by atoms with Gasteiger partial charge in [-0.25, -0.2) is 8.42 Å². The molecule has 1 fully saturated rings. The Hall–Kier alpha value is -1.86.